The first kappa shape index (κ1) is 15.0. The van der Waals surface area contributed by atoms with E-state index in [9.17, 15) is 4.79 Å². The average Bonchev–Trinajstić information content (AvgIpc) is 2.43. The summed E-state index contributed by atoms with van der Waals surface area (Å²) in [6, 6.07) is 9.17. The van der Waals surface area contributed by atoms with Gasteiger partial charge in [-0.2, -0.15) is 0 Å². The lowest BCUT2D eigenvalue weighted by Crippen LogP contribution is -2.15. The van der Waals surface area contributed by atoms with E-state index in [2.05, 4.69) is 47.5 Å². The van der Waals surface area contributed by atoms with Gasteiger partial charge in [-0.3, -0.25) is 4.79 Å². The second-order valence-corrected chi connectivity index (χ2v) is 5.87. The Balaban J connectivity index is 2.23. The molecule has 20 heavy (non-hydrogen) atoms. The number of nitrogens with one attached hydrogen (secondary N) is 2. The highest BCUT2D eigenvalue weighted by atomic mass is 79.9. The van der Waals surface area contributed by atoms with E-state index in [1.165, 1.54) is 0 Å². The van der Waals surface area contributed by atoms with Gasteiger partial charge in [-0.1, -0.05) is 15.9 Å². The van der Waals surface area contributed by atoms with E-state index >= 15 is 0 Å². The Morgan fingerprint density at radius 3 is 2.55 bits per heavy atom. The van der Waals surface area contributed by atoms with E-state index in [0.717, 1.165) is 14.6 Å². The van der Waals surface area contributed by atoms with Crippen molar-refractivity contribution in [3.8, 4) is 0 Å². The Morgan fingerprint density at radius 1 is 1.20 bits per heavy atom. The van der Waals surface area contributed by atoms with Crippen LogP contribution in [0.5, 0.6) is 0 Å². The smallest absolute Gasteiger partial charge is 0.259 e. The Hall–Kier alpha value is -1.40. The summed E-state index contributed by atoms with van der Waals surface area (Å²) >= 11 is 6.69. The Morgan fingerprint density at radius 2 is 1.90 bits per heavy atom. The minimum atomic E-state index is -0.197. The molecule has 2 aromatic rings. The highest BCUT2D eigenvalue weighted by molar-refractivity contribution is 9.10. The summed E-state index contributed by atoms with van der Waals surface area (Å²) < 4.78 is 1.73. The quantitative estimate of drug-likeness (QED) is 0.807. The van der Waals surface area contributed by atoms with E-state index in [-0.39, 0.29) is 5.91 Å². The molecule has 104 valence electrons. The second kappa shape index (κ2) is 6.85. The third-order valence-electron chi connectivity index (χ3n) is 2.55. The number of carbonyl (C=O) groups is 1. The molecule has 0 unspecified atom stereocenters. The molecule has 1 heterocycles. The molecule has 4 nitrogen and oxygen atoms in total. The zero-order valence-corrected chi connectivity index (χ0v) is 14.0. The number of rotatable bonds is 4. The topological polar surface area (TPSA) is 54.0 Å². The standard InChI is InChI=1S/C14H13Br2N3O/c1-2-17-13-12(7-10(16)8-18-13)14(20)19-11-5-3-9(15)4-6-11/h3-8H,2H2,1H3,(H,17,18)(H,19,20). The molecule has 0 saturated heterocycles. The molecule has 0 radical (unpaired) electrons. The molecule has 1 amide bonds. The fourth-order valence-electron chi connectivity index (χ4n) is 1.65. The lowest BCUT2D eigenvalue weighted by Gasteiger charge is -2.10. The van der Waals surface area contributed by atoms with Gasteiger partial charge < -0.3 is 10.6 Å². The zero-order valence-electron chi connectivity index (χ0n) is 10.8. The van der Waals surface area contributed by atoms with Crippen LogP contribution >= 0.6 is 31.9 Å². The number of hydrogen-bond donors (Lipinski definition) is 2. The third-order valence-corrected chi connectivity index (χ3v) is 3.51. The molecular weight excluding hydrogens is 386 g/mol. The minimum Gasteiger partial charge on any atom is -0.370 e. The summed E-state index contributed by atoms with van der Waals surface area (Å²) in [6.07, 6.45) is 1.66. The van der Waals surface area contributed by atoms with Crippen molar-refractivity contribution >= 4 is 49.3 Å². The Kier molecular flexibility index (Phi) is 5.14. The van der Waals surface area contributed by atoms with Crippen LogP contribution in [0.1, 0.15) is 17.3 Å². The van der Waals surface area contributed by atoms with Gasteiger partial charge >= 0.3 is 0 Å². The maximum Gasteiger partial charge on any atom is 0.259 e. The van der Waals surface area contributed by atoms with Crippen LogP contribution in [0.3, 0.4) is 0 Å². The first-order chi connectivity index (χ1) is 9.60. The summed E-state index contributed by atoms with van der Waals surface area (Å²) in [5.41, 5.74) is 1.24. The molecule has 1 aromatic heterocycles. The van der Waals surface area contributed by atoms with E-state index in [1.807, 2.05) is 31.2 Å². The predicted octanol–water partition coefficient (Wildman–Crippen LogP) is 4.29. The number of amides is 1. The summed E-state index contributed by atoms with van der Waals surface area (Å²) in [6.45, 7) is 2.66. The van der Waals surface area contributed by atoms with Crippen LogP contribution in [0.4, 0.5) is 11.5 Å². The maximum absolute atomic E-state index is 12.3. The van der Waals surface area contributed by atoms with Crippen molar-refractivity contribution in [2.75, 3.05) is 17.2 Å². The Bertz CT molecular complexity index is 614. The first-order valence-electron chi connectivity index (χ1n) is 6.06. The Labute approximate surface area is 134 Å². The maximum atomic E-state index is 12.3. The average molecular weight is 399 g/mol. The number of nitrogens with zero attached hydrogens (tertiary/aromatic N) is 1. The van der Waals surface area contributed by atoms with Crippen molar-refractivity contribution in [1.29, 1.82) is 0 Å². The van der Waals surface area contributed by atoms with Crippen LogP contribution in [0.25, 0.3) is 0 Å². The van der Waals surface area contributed by atoms with Gasteiger partial charge in [0.25, 0.3) is 5.91 Å². The molecule has 0 aliphatic heterocycles. The number of halogens is 2. The fourth-order valence-corrected chi connectivity index (χ4v) is 2.25. The summed E-state index contributed by atoms with van der Waals surface area (Å²) in [4.78, 5) is 16.5. The van der Waals surface area contributed by atoms with Gasteiger partial charge in [-0.05, 0) is 53.2 Å². The SMILES string of the molecule is CCNc1ncc(Br)cc1C(=O)Nc1ccc(Br)cc1. The number of pyridine rings is 1. The van der Waals surface area contributed by atoms with Crippen LogP contribution < -0.4 is 10.6 Å². The molecule has 0 aliphatic rings. The van der Waals surface area contributed by atoms with Gasteiger partial charge in [0.15, 0.2) is 0 Å². The molecule has 0 aliphatic carbocycles. The molecule has 0 saturated carbocycles. The number of benzene rings is 1. The van der Waals surface area contributed by atoms with Crippen LogP contribution in [-0.4, -0.2) is 17.4 Å². The third kappa shape index (κ3) is 3.80. The zero-order chi connectivity index (χ0) is 14.5. The normalized spacial score (nSPS) is 10.2. The molecular formula is C14H13Br2N3O. The van der Waals surface area contributed by atoms with Gasteiger partial charge in [-0.25, -0.2) is 4.98 Å². The summed E-state index contributed by atoms with van der Waals surface area (Å²) in [5.74, 6) is 0.377. The fraction of sp³-hybridized carbons (Fsp3) is 0.143. The van der Waals surface area contributed by atoms with Gasteiger partial charge in [0, 0.05) is 27.4 Å². The second-order valence-electron chi connectivity index (χ2n) is 4.04. The molecule has 0 bridgehead atoms. The molecule has 0 atom stereocenters. The highest BCUT2D eigenvalue weighted by Gasteiger charge is 2.13. The van der Waals surface area contributed by atoms with Crippen molar-refractivity contribution in [3.05, 3.63) is 51.0 Å². The lowest BCUT2D eigenvalue weighted by molar-refractivity contribution is 0.102. The van der Waals surface area contributed by atoms with Gasteiger partial charge in [0.05, 0.1) is 5.56 Å². The van der Waals surface area contributed by atoms with E-state index in [1.54, 1.807) is 12.3 Å². The summed E-state index contributed by atoms with van der Waals surface area (Å²) in [7, 11) is 0. The molecule has 0 spiro atoms. The lowest BCUT2D eigenvalue weighted by atomic mass is 10.2. The number of aromatic nitrogens is 1. The van der Waals surface area contributed by atoms with E-state index in [4.69, 9.17) is 0 Å². The molecule has 1 aromatic carbocycles. The van der Waals surface area contributed by atoms with Crippen molar-refractivity contribution in [2.45, 2.75) is 6.92 Å². The van der Waals surface area contributed by atoms with Crippen LogP contribution in [0.15, 0.2) is 45.5 Å². The molecule has 2 rings (SSSR count). The number of hydrogen-bond acceptors (Lipinski definition) is 3. The predicted molar refractivity (Wildman–Crippen MR) is 88.2 cm³/mol. The monoisotopic (exact) mass is 397 g/mol. The summed E-state index contributed by atoms with van der Waals surface area (Å²) in [5, 5.41) is 5.93. The van der Waals surface area contributed by atoms with Gasteiger partial charge in [0.1, 0.15) is 5.82 Å². The minimum absolute atomic E-state index is 0.197. The molecule has 0 fully saturated rings. The van der Waals surface area contributed by atoms with Crippen molar-refractivity contribution in [2.24, 2.45) is 0 Å². The van der Waals surface area contributed by atoms with Gasteiger partial charge in [-0.15, -0.1) is 0 Å². The van der Waals surface area contributed by atoms with Crippen molar-refractivity contribution in [1.82, 2.24) is 4.98 Å². The van der Waals surface area contributed by atoms with Crippen LogP contribution in [-0.2, 0) is 0 Å². The van der Waals surface area contributed by atoms with E-state index < -0.39 is 0 Å². The van der Waals surface area contributed by atoms with Crippen molar-refractivity contribution < 1.29 is 4.79 Å². The number of anilines is 2. The van der Waals surface area contributed by atoms with E-state index in [0.29, 0.717) is 17.9 Å². The van der Waals surface area contributed by atoms with Crippen molar-refractivity contribution in [3.63, 3.8) is 0 Å². The van der Waals surface area contributed by atoms with Crippen LogP contribution in [0.2, 0.25) is 0 Å². The van der Waals surface area contributed by atoms with Gasteiger partial charge in [0.2, 0.25) is 0 Å². The first-order valence-corrected chi connectivity index (χ1v) is 7.65. The largest absolute Gasteiger partial charge is 0.370 e. The number of carbonyl (C=O) groups excluding carboxylic acids is 1. The van der Waals surface area contributed by atoms with Crippen LogP contribution in [0, 0.1) is 0 Å². The molecule has 6 heteroatoms. The molecule has 2 N–H and O–H groups in total. The highest BCUT2D eigenvalue weighted by Crippen LogP contribution is 2.20.